The predicted octanol–water partition coefficient (Wildman–Crippen LogP) is 25.6. The second kappa shape index (κ2) is 49.3. The molecule has 2 saturated carbocycles. The molecule has 2 fully saturated rings. The molecular formula is C90H173F3O16. The normalized spacial score (nSPS) is 15.7. The summed E-state index contributed by atoms with van der Waals surface area (Å²) < 4.78 is 80.6. The third-order valence-corrected chi connectivity index (χ3v) is 21.4. The van der Waals surface area contributed by atoms with Gasteiger partial charge >= 0.3 is 53.9 Å². The van der Waals surface area contributed by atoms with Crippen molar-refractivity contribution in [1.82, 2.24) is 0 Å². The van der Waals surface area contributed by atoms with Crippen molar-refractivity contribution in [3.05, 3.63) is 0 Å². The summed E-state index contributed by atoms with van der Waals surface area (Å²) in [4.78, 5) is 92.8. The van der Waals surface area contributed by atoms with Gasteiger partial charge in [-0.3, -0.25) is 38.4 Å². The monoisotopic (exact) mass is 1570 g/mol. The Morgan fingerprint density at radius 3 is 0.835 bits per heavy atom. The summed E-state index contributed by atoms with van der Waals surface area (Å²) >= 11 is 0. The maximum Gasteiger partial charge on any atom is 0.404 e. The van der Waals surface area contributed by atoms with Crippen molar-refractivity contribution in [3.8, 4) is 0 Å². The van der Waals surface area contributed by atoms with E-state index in [9.17, 15) is 51.5 Å². The van der Waals surface area contributed by atoms with Crippen LogP contribution in [0.25, 0.3) is 0 Å². The lowest BCUT2D eigenvalue weighted by Gasteiger charge is -2.37. The highest BCUT2D eigenvalue weighted by atomic mass is 19.4. The molecule has 0 N–H and O–H groups in total. The van der Waals surface area contributed by atoms with Crippen LogP contribution in [0.15, 0.2) is 0 Å². The number of rotatable bonds is 25. The van der Waals surface area contributed by atoms with E-state index >= 15 is 0 Å². The van der Waals surface area contributed by atoms with Crippen LogP contribution in [0.4, 0.5) is 13.2 Å². The van der Waals surface area contributed by atoms with Crippen molar-refractivity contribution in [2.45, 2.75) is 471 Å². The van der Waals surface area contributed by atoms with Crippen LogP contribution in [0.5, 0.6) is 0 Å². The molecule has 0 aromatic carbocycles. The van der Waals surface area contributed by atoms with Crippen LogP contribution in [-0.2, 0) is 76.3 Å². The summed E-state index contributed by atoms with van der Waals surface area (Å²) in [5, 5.41) is 0. The first-order valence-corrected chi connectivity index (χ1v) is 41.5. The van der Waals surface area contributed by atoms with Gasteiger partial charge in [0, 0.05) is 0 Å². The molecule has 19 heteroatoms. The number of esters is 8. The van der Waals surface area contributed by atoms with Crippen LogP contribution in [0.2, 0.25) is 0 Å². The average Bonchev–Trinajstić information content (AvgIpc) is 1.02. The van der Waals surface area contributed by atoms with Crippen LogP contribution in [0, 0.1) is 62.6 Å². The van der Waals surface area contributed by atoms with E-state index in [4.69, 9.17) is 37.9 Å². The molecule has 0 aromatic heterocycles. The fourth-order valence-electron chi connectivity index (χ4n) is 8.81. The van der Waals surface area contributed by atoms with Crippen molar-refractivity contribution < 1.29 is 89.4 Å². The molecule has 0 amide bonds. The quantitative estimate of drug-likeness (QED) is 0.0614. The van der Waals surface area contributed by atoms with Gasteiger partial charge in [-0.25, -0.2) is 0 Å². The third kappa shape index (κ3) is 49.7. The SMILES string of the molecule is CCC(C)(C(=O)OC(C)(C)C)C(F)(F)F.CCC(C)(C)C(=O)OC(C)(C)C.CCC(C)(C)C(=O)OC(C)(C)C(C)C.CCC(C)(C)C(=O)OC(C)(C)C1CCCC1.CCC(C)(CC)C(=O)OC(C)(C)C.CCC(C)C(=O)OC(C)(C)C.CCC(C)C(=O)OC(C)(C)C1CCCCC1.CCC(C)C(=O)OC(C)(C)CC. The minimum Gasteiger partial charge on any atom is -0.460 e. The van der Waals surface area contributed by atoms with E-state index in [0.29, 0.717) is 17.8 Å². The van der Waals surface area contributed by atoms with E-state index in [1.54, 1.807) is 0 Å². The predicted molar refractivity (Wildman–Crippen MR) is 441 cm³/mol. The fraction of sp³-hybridized carbons (Fsp3) is 0.911. The Balaban J connectivity index is -0.000000279. The van der Waals surface area contributed by atoms with Gasteiger partial charge in [0.25, 0.3) is 0 Å². The van der Waals surface area contributed by atoms with Gasteiger partial charge < -0.3 is 37.9 Å². The molecule has 4 atom stereocenters. The first kappa shape index (κ1) is 115. The molecule has 109 heavy (non-hydrogen) atoms. The molecule has 0 aromatic rings. The van der Waals surface area contributed by atoms with Gasteiger partial charge in [0.2, 0.25) is 0 Å². The van der Waals surface area contributed by atoms with Crippen LogP contribution in [-0.4, -0.2) is 98.7 Å². The Kier molecular flexibility index (Phi) is 52.3. The number of carbonyl (C=O) groups excluding carboxylic acids is 8. The highest BCUT2D eigenvalue weighted by Gasteiger charge is 2.57. The molecule has 0 bridgehead atoms. The van der Waals surface area contributed by atoms with Crippen LogP contribution in [0.1, 0.15) is 420 Å². The van der Waals surface area contributed by atoms with Crippen molar-refractivity contribution in [2.24, 2.45) is 62.6 Å². The zero-order valence-corrected chi connectivity index (χ0v) is 78.6. The van der Waals surface area contributed by atoms with Gasteiger partial charge in [-0.15, -0.1) is 0 Å². The molecule has 0 spiro atoms. The van der Waals surface area contributed by atoms with Crippen LogP contribution >= 0.6 is 0 Å². The highest BCUT2D eigenvalue weighted by molar-refractivity contribution is 5.79. The van der Waals surface area contributed by atoms with E-state index in [1.807, 2.05) is 222 Å². The number of hydrogen-bond acceptors (Lipinski definition) is 16. The third-order valence-electron chi connectivity index (χ3n) is 21.4. The molecule has 4 unspecified atom stereocenters. The Bertz CT molecular complexity index is 2600. The largest absolute Gasteiger partial charge is 0.460 e. The van der Waals surface area contributed by atoms with Gasteiger partial charge in [0.15, 0.2) is 5.41 Å². The molecule has 2 aliphatic rings. The minimum absolute atomic E-state index is 0.0224. The van der Waals surface area contributed by atoms with Gasteiger partial charge in [-0.2, -0.15) is 13.2 Å². The number of ether oxygens (including phenoxy) is 8. The van der Waals surface area contributed by atoms with Gasteiger partial charge in [-0.1, -0.05) is 136 Å². The zero-order chi connectivity index (χ0) is 88.2. The first-order chi connectivity index (χ1) is 48.6. The molecule has 2 aliphatic carbocycles. The van der Waals surface area contributed by atoms with Crippen LogP contribution < -0.4 is 0 Å². The van der Waals surface area contributed by atoms with E-state index in [1.165, 1.54) is 85.5 Å². The Morgan fingerprint density at radius 1 is 0.303 bits per heavy atom. The molecule has 16 nitrogen and oxygen atoms in total. The van der Waals surface area contributed by atoms with Crippen molar-refractivity contribution in [1.29, 1.82) is 0 Å². The summed E-state index contributed by atoms with van der Waals surface area (Å²) in [5.74, 6) is -0.258. The van der Waals surface area contributed by atoms with Gasteiger partial charge in [-0.05, 0) is 302 Å². The molecule has 0 saturated heterocycles. The average molecular weight is 1570 g/mol. The number of alkyl halides is 3. The Morgan fingerprint density at radius 2 is 0.569 bits per heavy atom. The van der Waals surface area contributed by atoms with Crippen molar-refractivity contribution in [3.63, 3.8) is 0 Å². The summed E-state index contributed by atoms with van der Waals surface area (Å²) in [7, 11) is 0. The molecular weight excluding hydrogens is 1390 g/mol. The maximum absolute atomic E-state index is 12.6. The van der Waals surface area contributed by atoms with Crippen molar-refractivity contribution >= 4 is 47.8 Å². The molecule has 650 valence electrons. The topological polar surface area (TPSA) is 210 Å². The minimum atomic E-state index is -4.58. The zero-order valence-electron chi connectivity index (χ0n) is 78.6. The summed E-state index contributed by atoms with van der Waals surface area (Å²) in [6, 6.07) is 0. The second-order valence-corrected chi connectivity index (χ2v) is 39.1. The summed E-state index contributed by atoms with van der Waals surface area (Å²) in [5.41, 5.74) is -7.04. The fourth-order valence-corrected chi connectivity index (χ4v) is 8.81. The summed E-state index contributed by atoms with van der Waals surface area (Å²) in [6.45, 7) is 81.3. The Hall–Kier alpha value is -4.45. The summed E-state index contributed by atoms with van der Waals surface area (Å²) in [6.07, 6.45) is 13.9. The number of halogens is 3. The molecule has 0 radical (unpaired) electrons. The standard InChI is InChI=1S/2C14H26O2.C12H24O2.C11H22O2.C10H17F3O2.2C10H20O2.C9H18O2/c1-6-13(2,3)12(15)16-14(4,5)11-9-7-8-10-11;1-5-11(2)13(15)16-14(3,4)12-9-7-6-8-10-12;1-8-11(4,5)10(13)14-12(6,7)9(2)3;1-7-11(6,8-2)9(12)13-10(3,4)5;1-6-9(5,10(11,12)13)7(14)15-8(2,3)4;1-7-10(5,6)8(11)12-9(2,3)4;1-6-8(3)9(11)12-10(4,5)7-2;1-6-7(2)8(10)11-9(3,4)5/h11H,6-10H2,1-5H3;11-12H,5-10H2,1-4H3;9H,8H2,1-7H3;7-8H2,1-6H3;6H2,1-5H3;7H2,1-6H3;8H,6-7H2,1-5H3;7H,6H2,1-5H3. The maximum atomic E-state index is 12.6. The van der Waals surface area contributed by atoms with Gasteiger partial charge in [0.05, 0.1) is 39.4 Å². The smallest absolute Gasteiger partial charge is 0.404 e. The number of carbonyl (C=O) groups is 8. The molecule has 0 aliphatic heterocycles. The van der Waals surface area contributed by atoms with Crippen LogP contribution in [0.3, 0.4) is 0 Å². The molecule has 0 heterocycles. The van der Waals surface area contributed by atoms with E-state index in [2.05, 4.69) is 41.5 Å². The number of hydrogen-bond donors (Lipinski definition) is 0. The lowest BCUT2D eigenvalue weighted by atomic mass is 9.78. The first-order valence-electron chi connectivity index (χ1n) is 41.5. The Labute approximate surface area is 667 Å². The lowest BCUT2D eigenvalue weighted by molar-refractivity contribution is -0.236. The van der Waals surface area contributed by atoms with E-state index in [0.717, 1.165) is 64.7 Å². The van der Waals surface area contributed by atoms with Crippen molar-refractivity contribution in [2.75, 3.05) is 0 Å². The second-order valence-electron chi connectivity index (χ2n) is 39.1. The molecule has 2 rings (SSSR count). The lowest BCUT2D eigenvalue weighted by Crippen LogP contribution is -2.45. The highest BCUT2D eigenvalue weighted by Crippen LogP contribution is 2.43. The van der Waals surface area contributed by atoms with E-state index < -0.39 is 23.2 Å². The van der Waals surface area contributed by atoms with E-state index in [-0.39, 0.29) is 127 Å². The van der Waals surface area contributed by atoms with Gasteiger partial charge in [0.1, 0.15) is 44.8 Å².